The highest BCUT2D eigenvalue weighted by molar-refractivity contribution is 5.96. The van der Waals surface area contributed by atoms with Crippen LogP contribution in [0, 0.1) is 5.82 Å². The van der Waals surface area contributed by atoms with Gasteiger partial charge in [-0.25, -0.2) is 4.39 Å². The fourth-order valence-electron chi connectivity index (χ4n) is 1.61. The topological polar surface area (TPSA) is 43.4 Å². The van der Waals surface area contributed by atoms with E-state index >= 15 is 0 Å². The predicted molar refractivity (Wildman–Crippen MR) is 65.8 cm³/mol. The zero-order chi connectivity index (χ0) is 13.4. The van der Waals surface area contributed by atoms with Crippen molar-refractivity contribution in [2.24, 2.45) is 0 Å². The van der Waals surface area contributed by atoms with Crippen LogP contribution in [0.3, 0.4) is 0 Å². The molecule has 0 aliphatic heterocycles. The summed E-state index contributed by atoms with van der Waals surface area (Å²) in [5.74, 6) is -0.972. The van der Waals surface area contributed by atoms with Gasteiger partial charge >= 0.3 is 5.97 Å². The van der Waals surface area contributed by atoms with Crippen molar-refractivity contribution in [3.8, 4) is 0 Å². The molecule has 1 rings (SSSR count). The van der Waals surface area contributed by atoms with Crippen LogP contribution in [0.25, 0.3) is 0 Å². The van der Waals surface area contributed by atoms with Gasteiger partial charge in [-0.05, 0) is 31.9 Å². The summed E-state index contributed by atoms with van der Waals surface area (Å²) in [6.07, 6.45) is 1.70. The van der Waals surface area contributed by atoms with Gasteiger partial charge < -0.3 is 4.74 Å². The molecule has 3 nitrogen and oxygen atoms in total. The highest BCUT2D eigenvalue weighted by Crippen LogP contribution is 2.12. The third-order valence-electron chi connectivity index (χ3n) is 2.51. The van der Waals surface area contributed by atoms with Crippen LogP contribution in [-0.2, 0) is 9.53 Å². The van der Waals surface area contributed by atoms with E-state index in [1.54, 1.807) is 19.1 Å². The lowest BCUT2D eigenvalue weighted by Gasteiger charge is -2.03. The molecule has 0 radical (unpaired) electrons. The maximum absolute atomic E-state index is 13.3. The summed E-state index contributed by atoms with van der Waals surface area (Å²) in [5.41, 5.74) is 0.119. The maximum atomic E-state index is 13.3. The molecule has 0 aliphatic carbocycles. The van der Waals surface area contributed by atoms with Crippen molar-refractivity contribution in [2.75, 3.05) is 6.61 Å². The summed E-state index contributed by atoms with van der Waals surface area (Å²) in [5, 5.41) is 0. The SMILES string of the molecule is CCOC(=O)CCCCC(=O)c1ccccc1F. The van der Waals surface area contributed by atoms with Gasteiger partial charge in [0.15, 0.2) is 5.78 Å². The van der Waals surface area contributed by atoms with Crippen LogP contribution in [0.1, 0.15) is 43.0 Å². The summed E-state index contributed by atoms with van der Waals surface area (Å²) >= 11 is 0. The minimum absolute atomic E-state index is 0.119. The highest BCUT2D eigenvalue weighted by Gasteiger charge is 2.10. The number of ketones is 1. The Balaban J connectivity index is 2.30. The molecule has 0 saturated heterocycles. The number of esters is 1. The molecule has 0 fully saturated rings. The van der Waals surface area contributed by atoms with E-state index in [0.29, 0.717) is 25.9 Å². The first kappa shape index (κ1) is 14.4. The van der Waals surface area contributed by atoms with Crippen molar-refractivity contribution in [3.05, 3.63) is 35.6 Å². The number of carbonyl (C=O) groups is 2. The lowest BCUT2D eigenvalue weighted by Crippen LogP contribution is -2.05. The van der Waals surface area contributed by atoms with E-state index in [1.165, 1.54) is 12.1 Å². The van der Waals surface area contributed by atoms with Gasteiger partial charge in [-0.1, -0.05) is 12.1 Å². The minimum atomic E-state index is -0.493. The van der Waals surface area contributed by atoms with Crippen LogP contribution in [0.15, 0.2) is 24.3 Å². The third kappa shape index (κ3) is 4.65. The van der Waals surface area contributed by atoms with E-state index in [9.17, 15) is 14.0 Å². The van der Waals surface area contributed by atoms with Gasteiger partial charge in [0.05, 0.1) is 12.2 Å². The van der Waals surface area contributed by atoms with Crippen LogP contribution in [0.2, 0.25) is 0 Å². The fraction of sp³-hybridized carbons (Fsp3) is 0.429. The molecule has 0 saturated carbocycles. The number of hydrogen-bond acceptors (Lipinski definition) is 3. The Bertz CT molecular complexity index is 415. The predicted octanol–water partition coefficient (Wildman–Crippen LogP) is 3.13. The lowest BCUT2D eigenvalue weighted by molar-refractivity contribution is -0.143. The second-order valence-corrected chi connectivity index (χ2v) is 3.92. The van der Waals surface area contributed by atoms with Gasteiger partial charge in [0.25, 0.3) is 0 Å². The summed E-state index contributed by atoms with van der Waals surface area (Å²) < 4.78 is 18.1. The summed E-state index contributed by atoms with van der Waals surface area (Å²) in [4.78, 5) is 22.7. The fourth-order valence-corrected chi connectivity index (χ4v) is 1.61. The molecule has 0 amide bonds. The molecule has 0 spiro atoms. The van der Waals surface area contributed by atoms with E-state index in [4.69, 9.17) is 4.74 Å². The number of ether oxygens (including phenoxy) is 1. The molecule has 0 unspecified atom stereocenters. The molecular weight excluding hydrogens is 235 g/mol. The zero-order valence-electron chi connectivity index (χ0n) is 10.4. The average molecular weight is 252 g/mol. The summed E-state index contributed by atoms with van der Waals surface area (Å²) in [7, 11) is 0. The summed E-state index contributed by atoms with van der Waals surface area (Å²) in [6.45, 7) is 2.12. The standard InChI is InChI=1S/C14H17FO3/c1-2-18-14(17)10-6-5-9-13(16)11-7-3-4-8-12(11)15/h3-4,7-8H,2,5-6,9-10H2,1H3. The normalized spacial score (nSPS) is 10.1. The Morgan fingerprint density at radius 3 is 2.50 bits per heavy atom. The number of hydrogen-bond donors (Lipinski definition) is 0. The Morgan fingerprint density at radius 1 is 1.17 bits per heavy atom. The second kappa shape index (κ2) is 7.58. The lowest BCUT2D eigenvalue weighted by atomic mass is 10.0. The zero-order valence-corrected chi connectivity index (χ0v) is 10.4. The molecule has 0 heterocycles. The van der Waals surface area contributed by atoms with Crippen molar-refractivity contribution in [3.63, 3.8) is 0 Å². The number of unbranched alkanes of at least 4 members (excludes halogenated alkanes) is 1. The van der Waals surface area contributed by atoms with E-state index in [2.05, 4.69) is 0 Å². The molecule has 1 aromatic carbocycles. The average Bonchev–Trinajstić information content (AvgIpc) is 2.35. The van der Waals surface area contributed by atoms with Crippen LogP contribution >= 0.6 is 0 Å². The van der Waals surface area contributed by atoms with E-state index in [0.717, 1.165) is 0 Å². The van der Waals surface area contributed by atoms with Crippen LogP contribution in [-0.4, -0.2) is 18.4 Å². The van der Waals surface area contributed by atoms with Gasteiger partial charge in [0.1, 0.15) is 5.82 Å². The van der Waals surface area contributed by atoms with E-state index in [1.807, 2.05) is 0 Å². The molecule has 0 N–H and O–H groups in total. The van der Waals surface area contributed by atoms with Gasteiger partial charge in [-0.15, -0.1) is 0 Å². The van der Waals surface area contributed by atoms with E-state index < -0.39 is 5.82 Å². The van der Waals surface area contributed by atoms with Crippen molar-refractivity contribution in [1.29, 1.82) is 0 Å². The molecule has 18 heavy (non-hydrogen) atoms. The Kier molecular flexibility index (Phi) is 6.05. The number of halogens is 1. The molecule has 98 valence electrons. The van der Waals surface area contributed by atoms with Crippen molar-refractivity contribution < 1.29 is 18.7 Å². The smallest absolute Gasteiger partial charge is 0.305 e. The molecule has 1 aromatic rings. The van der Waals surface area contributed by atoms with Gasteiger partial charge in [0, 0.05) is 12.8 Å². The van der Waals surface area contributed by atoms with Crippen molar-refractivity contribution in [2.45, 2.75) is 32.6 Å². The highest BCUT2D eigenvalue weighted by atomic mass is 19.1. The number of Topliss-reactive ketones (excluding diaryl/α,β-unsaturated/α-hetero) is 1. The monoisotopic (exact) mass is 252 g/mol. The van der Waals surface area contributed by atoms with Crippen LogP contribution in [0.5, 0.6) is 0 Å². The second-order valence-electron chi connectivity index (χ2n) is 3.92. The largest absolute Gasteiger partial charge is 0.466 e. The first-order valence-corrected chi connectivity index (χ1v) is 6.08. The Labute approximate surface area is 106 Å². The first-order chi connectivity index (χ1) is 8.65. The first-order valence-electron chi connectivity index (χ1n) is 6.08. The summed E-state index contributed by atoms with van der Waals surface area (Å²) in [6, 6.07) is 5.93. The quantitative estimate of drug-likeness (QED) is 0.425. The molecule has 0 aliphatic rings. The van der Waals surface area contributed by atoms with Crippen molar-refractivity contribution in [1.82, 2.24) is 0 Å². The molecule has 0 bridgehead atoms. The molecular formula is C14H17FO3. The van der Waals surface area contributed by atoms with Crippen LogP contribution in [0.4, 0.5) is 4.39 Å². The van der Waals surface area contributed by atoms with E-state index in [-0.39, 0.29) is 23.7 Å². The Morgan fingerprint density at radius 2 is 1.83 bits per heavy atom. The molecule has 0 aromatic heterocycles. The maximum Gasteiger partial charge on any atom is 0.305 e. The molecule has 4 heteroatoms. The third-order valence-corrected chi connectivity index (χ3v) is 2.51. The van der Waals surface area contributed by atoms with Gasteiger partial charge in [-0.3, -0.25) is 9.59 Å². The number of carbonyl (C=O) groups excluding carboxylic acids is 2. The number of rotatable bonds is 7. The minimum Gasteiger partial charge on any atom is -0.466 e. The van der Waals surface area contributed by atoms with Gasteiger partial charge in [-0.2, -0.15) is 0 Å². The molecule has 0 atom stereocenters. The van der Waals surface area contributed by atoms with Gasteiger partial charge in [0.2, 0.25) is 0 Å². The van der Waals surface area contributed by atoms with Crippen molar-refractivity contribution >= 4 is 11.8 Å². The number of benzene rings is 1. The van der Waals surface area contributed by atoms with Crippen LogP contribution < -0.4 is 0 Å². The Hall–Kier alpha value is -1.71.